The predicted molar refractivity (Wildman–Crippen MR) is 113 cm³/mol. The van der Waals surface area contributed by atoms with E-state index >= 15 is 0 Å². The first kappa shape index (κ1) is 19.8. The van der Waals surface area contributed by atoms with Crippen LogP contribution in [0.4, 0.5) is 5.82 Å². The number of halogens is 1. The normalized spacial score (nSPS) is 10.5. The molecule has 1 heterocycles. The number of aromatic nitrogens is 2. The molecule has 0 aliphatic carbocycles. The number of amides is 1. The molecular weight excluding hydrogens is 372 g/mol. The molecule has 2 N–H and O–H groups in total. The molecule has 1 amide bonds. The number of carbonyl (C=O) groups is 1. The van der Waals surface area contributed by atoms with E-state index in [0.717, 1.165) is 5.56 Å². The van der Waals surface area contributed by atoms with Crippen LogP contribution < -0.4 is 10.6 Å². The number of nitrogens with one attached hydrogen (secondary N) is 2. The van der Waals surface area contributed by atoms with Gasteiger partial charge in [0.05, 0.1) is 0 Å². The lowest BCUT2D eigenvalue weighted by atomic mass is 10.1. The van der Waals surface area contributed by atoms with Gasteiger partial charge in [0.25, 0.3) is 5.91 Å². The Kier molecular flexibility index (Phi) is 6.61. The molecule has 0 aliphatic heterocycles. The number of benzene rings is 2. The Bertz CT molecular complexity index is 974. The molecule has 0 radical (unpaired) electrons. The van der Waals surface area contributed by atoms with Crippen LogP contribution in [0.5, 0.6) is 0 Å². The first-order valence-corrected chi connectivity index (χ1v) is 9.56. The van der Waals surface area contributed by atoms with Gasteiger partial charge >= 0.3 is 0 Å². The van der Waals surface area contributed by atoms with Crippen molar-refractivity contribution in [2.45, 2.75) is 26.8 Å². The number of nitrogens with zero attached hydrogens (tertiary/aromatic N) is 2. The minimum atomic E-state index is -0.216. The van der Waals surface area contributed by atoms with E-state index in [1.807, 2.05) is 36.4 Å². The van der Waals surface area contributed by atoms with E-state index in [9.17, 15) is 4.79 Å². The Balaban J connectivity index is 1.60. The zero-order chi connectivity index (χ0) is 19.9. The van der Waals surface area contributed by atoms with Gasteiger partial charge in [0, 0.05) is 24.2 Å². The van der Waals surface area contributed by atoms with E-state index in [4.69, 9.17) is 11.6 Å². The number of anilines is 1. The van der Waals surface area contributed by atoms with E-state index in [1.165, 1.54) is 11.1 Å². The maximum atomic E-state index is 12.5. The molecule has 0 bridgehead atoms. The molecule has 144 valence electrons. The highest BCUT2D eigenvalue weighted by Crippen LogP contribution is 2.13. The Labute approximate surface area is 170 Å². The average molecular weight is 395 g/mol. The third-order valence-corrected chi connectivity index (χ3v) is 4.62. The second-order valence-corrected chi connectivity index (χ2v) is 7.04. The molecule has 0 fully saturated rings. The van der Waals surface area contributed by atoms with E-state index in [0.29, 0.717) is 41.9 Å². The van der Waals surface area contributed by atoms with Gasteiger partial charge in [-0.1, -0.05) is 48.0 Å². The van der Waals surface area contributed by atoms with Gasteiger partial charge in [0.15, 0.2) is 0 Å². The fourth-order valence-corrected chi connectivity index (χ4v) is 3.09. The van der Waals surface area contributed by atoms with Crippen molar-refractivity contribution >= 4 is 23.3 Å². The molecule has 3 aromatic rings. The highest BCUT2D eigenvalue weighted by Gasteiger charge is 2.10. The SMILES string of the molecule is Cc1nc(NCc2ccccc2C)cc(C(=O)NCCc2cccc(Cl)c2)n1. The minimum Gasteiger partial charge on any atom is -0.366 e. The molecule has 6 heteroatoms. The molecule has 1 aromatic heterocycles. The summed E-state index contributed by atoms with van der Waals surface area (Å²) in [6.45, 7) is 5.00. The van der Waals surface area contributed by atoms with E-state index in [1.54, 1.807) is 13.0 Å². The van der Waals surface area contributed by atoms with Gasteiger partial charge in [-0.15, -0.1) is 0 Å². The largest absolute Gasteiger partial charge is 0.366 e. The van der Waals surface area contributed by atoms with Crippen LogP contribution in [-0.4, -0.2) is 22.4 Å². The topological polar surface area (TPSA) is 66.9 Å². The summed E-state index contributed by atoms with van der Waals surface area (Å²) in [7, 11) is 0. The molecule has 0 spiro atoms. The summed E-state index contributed by atoms with van der Waals surface area (Å²) >= 11 is 5.99. The minimum absolute atomic E-state index is 0.216. The quantitative estimate of drug-likeness (QED) is 0.625. The third-order valence-electron chi connectivity index (χ3n) is 4.38. The van der Waals surface area contributed by atoms with Crippen LogP contribution in [0.15, 0.2) is 54.6 Å². The summed E-state index contributed by atoms with van der Waals surface area (Å²) in [5.41, 5.74) is 3.82. The molecule has 0 saturated carbocycles. The zero-order valence-electron chi connectivity index (χ0n) is 16.0. The summed E-state index contributed by atoms with van der Waals surface area (Å²) in [5.74, 6) is 0.969. The maximum Gasteiger partial charge on any atom is 0.270 e. The smallest absolute Gasteiger partial charge is 0.270 e. The van der Waals surface area contributed by atoms with Crippen molar-refractivity contribution < 1.29 is 4.79 Å². The lowest BCUT2D eigenvalue weighted by molar-refractivity contribution is 0.0949. The van der Waals surface area contributed by atoms with Crippen LogP contribution in [0.1, 0.15) is 33.0 Å². The molecule has 5 nitrogen and oxygen atoms in total. The van der Waals surface area contributed by atoms with Crippen LogP contribution in [0.25, 0.3) is 0 Å². The van der Waals surface area contributed by atoms with Crippen LogP contribution >= 0.6 is 11.6 Å². The number of carbonyl (C=O) groups excluding carboxylic acids is 1. The summed E-state index contributed by atoms with van der Waals surface area (Å²) in [4.78, 5) is 21.1. The van der Waals surface area contributed by atoms with Gasteiger partial charge in [0.2, 0.25) is 0 Å². The standard InChI is InChI=1S/C22H23ClN4O/c1-15-6-3-4-8-18(15)14-25-21-13-20(26-16(2)27-21)22(28)24-11-10-17-7-5-9-19(23)12-17/h3-9,12-13H,10-11,14H2,1-2H3,(H,24,28)(H,25,26,27). The molecule has 0 unspecified atom stereocenters. The number of rotatable bonds is 7. The lowest BCUT2D eigenvalue weighted by Gasteiger charge is -2.11. The van der Waals surface area contributed by atoms with Crippen molar-refractivity contribution in [1.29, 1.82) is 0 Å². The zero-order valence-corrected chi connectivity index (χ0v) is 16.8. The Hall–Kier alpha value is -2.92. The molecular formula is C22H23ClN4O. The fourth-order valence-electron chi connectivity index (χ4n) is 2.87. The highest BCUT2D eigenvalue weighted by molar-refractivity contribution is 6.30. The number of hydrogen-bond acceptors (Lipinski definition) is 4. The van der Waals surface area contributed by atoms with Crippen molar-refractivity contribution in [3.63, 3.8) is 0 Å². The summed E-state index contributed by atoms with van der Waals surface area (Å²) in [6.07, 6.45) is 0.703. The van der Waals surface area contributed by atoms with Crippen molar-refractivity contribution in [3.05, 3.63) is 87.8 Å². The Morgan fingerprint density at radius 2 is 1.86 bits per heavy atom. The Morgan fingerprint density at radius 1 is 1.04 bits per heavy atom. The second kappa shape index (κ2) is 9.33. The third kappa shape index (κ3) is 5.54. The first-order valence-electron chi connectivity index (χ1n) is 9.18. The van der Waals surface area contributed by atoms with Crippen molar-refractivity contribution in [1.82, 2.24) is 15.3 Å². The molecule has 0 aliphatic rings. The van der Waals surface area contributed by atoms with E-state index in [2.05, 4.69) is 39.7 Å². The predicted octanol–water partition coefficient (Wildman–Crippen LogP) is 4.33. The second-order valence-electron chi connectivity index (χ2n) is 6.60. The van der Waals surface area contributed by atoms with Gasteiger partial charge < -0.3 is 10.6 Å². The number of aryl methyl sites for hydroxylation is 2. The highest BCUT2D eigenvalue weighted by atomic mass is 35.5. The van der Waals surface area contributed by atoms with Crippen LogP contribution in [0, 0.1) is 13.8 Å². The van der Waals surface area contributed by atoms with Gasteiger partial charge in [-0.05, 0) is 49.1 Å². The molecule has 2 aromatic carbocycles. The summed E-state index contributed by atoms with van der Waals surface area (Å²) in [5, 5.41) is 6.88. The molecule has 0 saturated heterocycles. The van der Waals surface area contributed by atoms with Crippen LogP contribution in [-0.2, 0) is 13.0 Å². The van der Waals surface area contributed by atoms with Crippen molar-refractivity contribution in [2.75, 3.05) is 11.9 Å². The summed E-state index contributed by atoms with van der Waals surface area (Å²) in [6, 6.07) is 17.5. The van der Waals surface area contributed by atoms with Crippen LogP contribution in [0.2, 0.25) is 5.02 Å². The molecule has 0 atom stereocenters. The van der Waals surface area contributed by atoms with Gasteiger partial charge in [0.1, 0.15) is 17.3 Å². The van der Waals surface area contributed by atoms with Crippen molar-refractivity contribution in [3.8, 4) is 0 Å². The van der Waals surface area contributed by atoms with Gasteiger partial charge in [-0.2, -0.15) is 0 Å². The molecule has 3 rings (SSSR count). The lowest BCUT2D eigenvalue weighted by Crippen LogP contribution is -2.27. The van der Waals surface area contributed by atoms with E-state index < -0.39 is 0 Å². The van der Waals surface area contributed by atoms with Crippen molar-refractivity contribution in [2.24, 2.45) is 0 Å². The monoisotopic (exact) mass is 394 g/mol. The maximum absolute atomic E-state index is 12.5. The fraction of sp³-hybridized carbons (Fsp3) is 0.227. The number of hydrogen-bond donors (Lipinski definition) is 2. The van der Waals surface area contributed by atoms with Gasteiger partial charge in [-0.25, -0.2) is 9.97 Å². The first-order chi connectivity index (χ1) is 13.5. The molecule has 28 heavy (non-hydrogen) atoms. The van der Waals surface area contributed by atoms with Gasteiger partial charge in [-0.3, -0.25) is 4.79 Å². The average Bonchev–Trinajstić information content (AvgIpc) is 2.67. The van der Waals surface area contributed by atoms with Crippen LogP contribution in [0.3, 0.4) is 0 Å². The van der Waals surface area contributed by atoms with E-state index in [-0.39, 0.29) is 5.91 Å². The summed E-state index contributed by atoms with van der Waals surface area (Å²) < 4.78 is 0. The Morgan fingerprint density at radius 3 is 2.64 bits per heavy atom.